The van der Waals surface area contributed by atoms with Gasteiger partial charge in [0.05, 0.1) is 46.1 Å². The van der Waals surface area contributed by atoms with Crippen LogP contribution in [0.5, 0.6) is 0 Å². The fraction of sp³-hybridized carbons (Fsp3) is 0.333. The smallest absolute Gasteiger partial charge is 0.238 e. The van der Waals surface area contributed by atoms with Crippen molar-refractivity contribution in [1.29, 1.82) is 0 Å². The maximum atomic E-state index is 13.9. The molecule has 14 heteroatoms. The number of nitrogens with zero attached hydrogens (tertiary/aromatic N) is 8. The summed E-state index contributed by atoms with van der Waals surface area (Å²) in [6.07, 6.45) is 1.66. The number of fused-ring (bicyclic) bond motifs is 8. The summed E-state index contributed by atoms with van der Waals surface area (Å²) < 4.78 is 3.46. The van der Waals surface area contributed by atoms with Crippen LogP contribution < -0.4 is 19.6 Å². The zero-order valence-corrected chi connectivity index (χ0v) is 41.8. The molecule has 4 atom stereocenters. The third kappa shape index (κ3) is 7.59. The van der Waals surface area contributed by atoms with E-state index in [1.165, 1.54) is 20.9 Å². The Labute approximate surface area is 429 Å². The Hall–Kier alpha value is -7.68. The molecule has 13 rings (SSSR count). The van der Waals surface area contributed by atoms with Gasteiger partial charge in [0.1, 0.15) is 0 Å². The zero-order chi connectivity index (χ0) is 50.5. The van der Waals surface area contributed by atoms with E-state index in [1.54, 1.807) is 23.0 Å². The SMILES string of the molecule is CC(=O)n1c2c(c3ccccc31)CC1C(=O)N(c3ccc(N4CCN(Cc5ccc(CN6CCN(c7ccc(N8C(=O)C9Cc%10c(n(C(C)=O)c%11ccccc%10%11)CC9C8=O)cc7)CC6)cc5)CC4)cc3)C(=O)C1C2. The molecule has 5 aromatic carbocycles. The van der Waals surface area contributed by atoms with Gasteiger partial charge in [-0.15, -0.1) is 0 Å². The Morgan fingerprint density at radius 3 is 1.08 bits per heavy atom. The van der Waals surface area contributed by atoms with Gasteiger partial charge in [-0.3, -0.25) is 57.5 Å². The number of piperazine rings is 2. The van der Waals surface area contributed by atoms with Gasteiger partial charge in [-0.25, -0.2) is 0 Å². The van der Waals surface area contributed by atoms with Crippen LogP contribution in [0.1, 0.15) is 57.1 Å². The highest BCUT2D eigenvalue weighted by Gasteiger charge is 2.53. The van der Waals surface area contributed by atoms with Crippen LogP contribution >= 0.6 is 0 Å². The third-order valence-electron chi connectivity index (χ3n) is 17.1. The highest BCUT2D eigenvalue weighted by Crippen LogP contribution is 2.45. The molecule has 4 saturated heterocycles. The molecule has 0 radical (unpaired) electrons. The third-order valence-corrected chi connectivity index (χ3v) is 17.1. The number of carbonyl (C=O) groups is 6. The van der Waals surface area contributed by atoms with Crippen LogP contribution in [0.15, 0.2) is 121 Å². The quantitative estimate of drug-likeness (QED) is 0.142. The molecule has 4 aliphatic heterocycles. The van der Waals surface area contributed by atoms with Crippen molar-refractivity contribution in [2.75, 3.05) is 72.0 Å². The van der Waals surface area contributed by atoms with E-state index in [-0.39, 0.29) is 35.4 Å². The van der Waals surface area contributed by atoms with E-state index in [0.29, 0.717) is 37.1 Å². The molecule has 4 unspecified atom stereocenters. The molecule has 0 N–H and O–H groups in total. The lowest BCUT2D eigenvalue weighted by Gasteiger charge is -2.36. The molecular formula is C60H58N8O6. The van der Waals surface area contributed by atoms with Gasteiger partial charge < -0.3 is 9.80 Å². The average molecular weight is 987 g/mol. The predicted octanol–water partition coefficient (Wildman–Crippen LogP) is 7.37. The number of hydrogen-bond donors (Lipinski definition) is 0. The topological polar surface area (TPSA) is 132 Å². The molecule has 0 saturated carbocycles. The summed E-state index contributed by atoms with van der Waals surface area (Å²) in [7, 11) is 0. The van der Waals surface area contributed by atoms with E-state index in [9.17, 15) is 28.8 Å². The number of imide groups is 2. The molecule has 4 amide bonds. The summed E-state index contributed by atoms with van der Waals surface area (Å²) in [5.41, 5.74) is 11.3. The first-order valence-corrected chi connectivity index (χ1v) is 26.2. The molecule has 14 nitrogen and oxygen atoms in total. The van der Waals surface area contributed by atoms with E-state index < -0.39 is 23.7 Å². The van der Waals surface area contributed by atoms with Crippen LogP contribution in [0.2, 0.25) is 0 Å². The number of amides is 4. The van der Waals surface area contributed by atoms with Crippen LogP contribution in [-0.2, 0) is 58.0 Å². The molecule has 4 fully saturated rings. The van der Waals surface area contributed by atoms with Gasteiger partial charge in [0.25, 0.3) is 0 Å². The van der Waals surface area contributed by atoms with Crippen molar-refractivity contribution < 1.29 is 28.8 Å². The first kappa shape index (κ1) is 46.1. The lowest BCUT2D eigenvalue weighted by atomic mass is 9.79. The summed E-state index contributed by atoms with van der Waals surface area (Å²) >= 11 is 0. The molecule has 374 valence electrons. The summed E-state index contributed by atoms with van der Waals surface area (Å²) in [6.45, 7) is 12.1. The Balaban J connectivity index is 0.571. The van der Waals surface area contributed by atoms with E-state index in [1.807, 2.05) is 97.1 Å². The first-order valence-electron chi connectivity index (χ1n) is 26.2. The van der Waals surface area contributed by atoms with Crippen molar-refractivity contribution in [3.05, 3.63) is 155 Å². The lowest BCUT2D eigenvalue weighted by molar-refractivity contribution is -0.124. The lowest BCUT2D eigenvalue weighted by Crippen LogP contribution is -2.46. The minimum atomic E-state index is -0.483. The second-order valence-corrected chi connectivity index (χ2v) is 21.2. The van der Waals surface area contributed by atoms with Gasteiger partial charge in [-0.1, -0.05) is 60.7 Å². The highest BCUT2D eigenvalue weighted by atomic mass is 16.2. The van der Waals surface area contributed by atoms with Gasteiger partial charge >= 0.3 is 0 Å². The second-order valence-electron chi connectivity index (χ2n) is 21.2. The van der Waals surface area contributed by atoms with E-state index in [4.69, 9.17) is 0 Å². The van der Waals surface area contributed by atoms with Crippen molar-refractivity contribution in [2.24, 2.45) is 23.7 Å². The fourth-order valence-corrected chi connectivity index (χ4v) is 13.4. The minimum Gasteiger partial charge on any atom is -0.369 e. The molecule has 6 heterocycles. The first-order chi connectivity index (χ1) is 36.0. The Morgan fingerprint density at radius 1 is 0.405 bits per heavy atom. The maximum absolute atomic E-state index is 13.9. The van der Waals surface area contributed by atoms with Crippen LogP contribution in [0.25, 0.3) is 21.8 Å². The molecule has 74 heavy (non-hydrogen) atoms. The van der Waals surface area contributed by atoms with Crippen molar-refractivity contribution in [3.63, 3.8) is 0 Å². The van der Waals surface area contributed by atoms with Crippen LogP contribution in [0, 0.1) is 23.7 Å². The maximum Gasteiger partial charge on any atom is 0.238 e. The summed E-state index contributed by atoms with van der Waals surface area (Å²) in [6, 6.07) is 40.3. The Morgan fingerprint density at radius 2 is 0.730 bits per heavy atom. The van der Waals surface area contributed by atoms with E-state index in [2.05, 4.69) is 43.9 Å². The number of rotatable bonds is 8. The molecular weight excluding hydrogens is 929 g/mol. The molecule has 2 aromatic heterocycles. The predicted molar refractivity (Wildman–Crippen MR) is 285 cm³/mol. The van der Waals surface area contributed by atoms with E-state index >= 15 is 0 Å². The Bertz CT molecular complexity index is 3220. The molecule has 2 aliphatic carbocycles. The zero-order valence-electron chi connectivity index (χ0n) is 41.8. The van der Waals surface area contributed by atoms with Crippen LogP contribution in [0.4, 0.5) is 22.7 Å². The van der Waals surface area contributed by atoms with Crippen molar-refractivity contribution in [2.45, 2.75) is 52.6 Å². The molecule has 0 spiro atoms. The van der Waals surface area contributed by atoms with E-state index in [0.717, 1.165) is 121 Å². The van der Waals surface area contributed by atoms with Crippen LogP contribution in [-0.4, -0.2) is 107 Å². The number of benzene rings is 5. The molecule has 6 aliphatic rings. The number of aromatic nitrogens is 2. The van der Waals surface area contributed by atoms with Gasteiger partial charge in [-0.05, 0) is 95.8 Å². The standard InChI is InChI=1S/C60H58N8O6/c1-37(69)65-53-9-5-3-7-45(53)47-31-49-51(33-55(47)65)59(73)67(57(49)71)43-19-15-41(16-20-43)63-27-23-61(24-28-63)35-39-11-13-40(14-12-39)36-62-25-29-64(30-26-62)42-17-21-44(22-18-42)68-58(72)50-32-48-46-8-4-6-10-54(46)66(38(2)70)56(48)34-52(50)60(68)74/h3-22,49-52H,23-36H2,1-2H3. The van der Waals surface area contributed by atoms with Gasteiger partial charge in [0.2, 0.25) is 35.4 Å². The average Bonchev–Trinajstić information content (AvgIpc) is 4.09. The second kappa shape index (κ2) is 18.1. The monoisotopic (exact) mass is 986 g/mol. The number of hydrogen-bond acceptors (Lipinski definition) is 10. The van der Waals surface area contributed by atoms with Crippen LogP contribution in [0.3, 0.4) is 0 Å². The van der Waals surface area contributed by atoms with Gasteiger partial charge in [0.15, 0.2) is 0 Å². The number of anilines is 4. The van der Waals surface area contributed by atoms with Gasteiger partial charge in [0, 0.05) is 126 Å². The number of carbonyl (C=O) groups excluding carboxylic acids is 6. The normalized spacial score (nSPS) is 22.2. The van der Waals surface area contributed by atoms with Crippen molar-refractivity contribution in [1.82, 2.24) is 18.9 Å². The van der Waals surface area contributed by atoms with Gasteiger partial charge in [-0.2, -0.15) is 0 Å². The minimum absolute atomic E-state index is 0.0843. The Kier molecular flexibility index (Phi) is 11.3. The van der Waals surface area contributed by atoms with Crippen molar-refractivity contribution in [3.8, 4) is 0 Å². The largest absolute Gasteiger partial charge is 0.369 e. The highest BCUT2D eigenvalue weighted by molar-refractivity contribution is 6.23. The fourth-order valence-electron chi connectivity index (χ4n) is 13.4. The van der Waals surface area contributed by atoms with Crippen molar-refractivity contribution >= 4 is 80.0 Å². The molecule has 7 aromatic rings. The summed E-state index contributed by atoms with van der Waals surface area (Å²) in [4.78, 5) is 93.5. The number of para-hydroxylation sites is 2. The molecule has 0 bridgehead atoms. The summed E-state index contributed by atoms with van der Waals surface area (Å²) in [5, 5.41) is 1.96. The summed E-state index contributed by atoms with van der Waals surface area (Å²) in [5.74, 6) is -2.70.